The monoisotopic (exact) mass is 267 g/mol. The second kappa shape index (κ2) is 5.38. The van der Waals surface area contributed by atoms with Crippen molar-refractivity contribution < 1.29 is 0 Å². The third-order valence-electron chi connectivity index (χ3n) is 5.12. The van der Waals surface area contributed by atoms with Crippen molar-refractivity contribution in [2.75, 3.05) is 20.1 Å². The second-order valence-corrected chi connectivity index (χ2v) is 6.89. The normalized spacial score (nSPS) is 27.1. The fourth-order valence-corrected chi connectivity index (χ4v) is 3.39. The van der Waals surface area contributed by atoms with Gasteiger partial charge < -0.3 is 4.90 Å². The molecule has 1 unspecified atom stereocenters. The first-order valence-corrected chi connectivity index (χ1v) is 7.59. The van der Waals surface area contributed by atoms with Gasteiger partial charge in [-0.15, -0.1) is 11.6 Å². The predicted molar refractivity (Wildman–Crippen MR) is 80.2 cm³/mol. The number of alkyl halides is 1. The first-order chi connectivity index (χ1) is 8.44. The molecule has 1 atom stereocenters. The Morgan fingerprint density at radius 1 is 1.33 bits per heavy atom. The highest BCUT2D eigenvalue weighted by Crippen LogP contribution is 2.50. The number of likely N-dealkylation sites (tertiary alicyclic amines) is 1. The quantitative estimate of drug-likeness (QED) is 0.671. The van der Waals surface area contributed by atoms with Crippen molar-refractivity contribution in [3.05, 3.63) is 22.8 Å². The molecule has 1 heterocycles. The van der Waals surface area contributed by atoms with Crippen LogP contribution in [0.15, 0.2) is 22.8 Å². The van der Waals surface area contributed by atoms with E-state index in [9.17, 15) is 0 Å². The number of piperidine rings is 1. The van der Waals surface area contributed by atoms with Crippen LogP contribution in [0.4, 0.5) is 0 Å². The van der Waals surface area contributed by atoms with Gasteiger partial charge in [0.2, 0.25) is 0 Å². The lowest BCUT2D eigenvalue weighted by Gasteiger charge is -2.39. The van der Waals surface area contributed by atoms with Crippen LogP contribution in [0.25, 0.3) is 0 Å². The van der Waals surface area contributed by atoms with Gasteiger partial charge in [0, 0.05) is 0 Å². The van der Waals surface area contributed by atoms with E-state index in [1.165, 1.54) is 44.3 Å². The molecule has 1 aliphatic heterocycles. The van der Waals surface area contributed by atoms with E-state index in [0.717, 1.165) is 0 Å². The van der Waals surface area contributed by atoms with Gasteiger partial charge >= 0.3 is 0 Å². The smallest absolute Gasteiger partial charge is 0.0517 e. The zero-order chi connectivity index (χ0) is 13.3. The summed E-state index contributed by atoms with van der Waals surface area (Å²) < 4.78 is 0. The minimum atomic E-state index is 0.152. The molecule has 102 valence electrons. The van der Waals surface area contributed by atoms with E-state index in [0.29, 0.717) is 5.41 Å². The van der Waals surface area contributed by atoms with Crippen LogP contribution in [-0.4, -0.2) is 30.4 Å². The van der Waals surface area contributed by atoms with Crippen molar-refractivity contribution in [3.8, 4) is 0 Å². The van der Waals surface area contributed by atoms with E-state index in [1.54, 1.807) is 11.1 Å². The summed E-state index contributed by atoms with van der Waals surface area (Å²) in [6, 6.07) is 0. The van der Waals surface area contributed by atoms with Crippen LogP contribution in [0.5, 0.6) is 0 Å². The molecule has 0 aromatic rings. The fraction of sp³-hybridized carbons (Fsp3) is 0.750. The Morgan fingerprint density at radius 3 is 2.50 bits per heavy atom. The van der Waals surface area contributed by atoms with Crippen molar-refractivity contribution in [1.82, 2.24) is 4.90 Å². The molecule has 0 saturated carbocycles. The molecule has 18 heavy (non-hydrogen) atoms. The van der Waals surface area contributed by atoms with Crippen molar-refractivity contribution in [1.29, 1.82) is 0 Å². The lowest BCUT2D eigenvalue weighted by atomic mass is 9.73. The van der Waals surface area contributed by atoms with Crippen molar-refractivity contribution >= 4 is 11.6 Å². The number of hydrogen-bond donors (Lipinski definition) is 0. The van der Waals surface area contributed by atoms with Gasteiger partial charge in [-0.25, -0.2) is 0 Å². The summed E-state index contributed by atoms with van der Waals surface area (Å²) in [5.74, 6) is 0. The summed E-state index contributed by atoms with van der Waals surface area (Å²) in [6.07, 6.45) is 7.61. The molecule has 2 heteroatoms. The largest absolute Gasteiger partial charge is 0.306 e. The van der Waals surface area contributed by atoms with E-state index in [2.05, 4.69) is 38.8 Å². The van der Waals surface area contributed by atoms with Gasteiger partial charge in [-0.3, -0.25) is 0 Å². The summed E-state index contributed by atoms with van der Waals surface area (Å²) in [7, 11) is 2.24. The van der Waals surface area contributed by atoms with Gasteiger partial charge in [-0.1, -0.05) is 17.2 Å². The first-order valence-electron chi connectivity index (χ1n) is 7.16. The Labute approximate surface area is 117 Å². The molecule has 2 rings (SSSR count). The standard InChI is InChI=1S/C16H26ClN/c1-12(14(3)17)11-15-5-6-16(13(15)2)7-9-18(4)10-8-16/h11,14H,5-10H2,1-4H3/b12-11-. The Kier molecular flexibility index (Phi) is 4.23. The van der Waals surface area contributed by atoms with Gasteiger partial charge in [-0.05, 0) is 77.6 Å². The minimum absolute atomic E-state index is 0.152. The Hall–Kier alpha value is -0.270. The van der Waals surface area contributed by atoms with E-state index in [1.807, 2.05) is 0 Å². The molecule has 0 bridgehead atoms. The molecule has 2 aliphatic rings. The molecule has 1 saturated heterocycles. The number of allylic oxidation sites excluding steroid dienone is 4. The van der Waals surface area contributed by atoms with Crippen LogP contribution in [0, 0.1) is 5.41 Å². The lowest BCUT2D eigenvalue weighted by molar-refractivity contribution is 0.154. The molecule has 0 N–H and O–H groups in total. The molecular formula is C16H26ClN. The summed E-state index contributed by atoms with van der Waals surface area (Å²) in [5.41, 5.74) is 5.02. The Bertz CT molecular complexity index is 371. The summed E-state index contributed by atoms with van der Waals surface area (Å²) >= 11 is 6.15. The van der Waals surface area contributed by atoms with Crippen LogP contribution in [0.2, 0.25) is 0 Å². The van der Waals surface area contributed by atoms with Gasteiger partial charge in [0.05, 0.1) is 5.38 Å². The molecule has 0 aromatic heterocycles. The average molecular weight is 268 g/mol. The van der Waals surface area contributed by atoms with Gasteiger partial charge in [-0.2, -0.15) is 0 Å². The highest BCUT2D eigenvalue weighted by atomic mass is 35.5. The highest BCUT2D eigenvalue weighted by molar-refractivity contribution is 6.22. The van der Waals surface area contributed by atoms with Crippen molar-refractivity contribution in [3.63, 3.8) is 0 Å². The number of hydrogen-bond acceptors (Lipinski definition) is 1. The van der Waals surface area contributed by atoms with Gasteiger partial charge in [0.15, 0.2) is 0 Å². The van der Waals surface area contributed by atoms with Crippen molar-refractivity contribution in [2.24, 2.45) is 5.41 Å². The molecule has 1 nitrogen and oxygen atoms in total. The fourth-order valence-electron chi connectivity index (χ4n) is 3.33. The summed E-state index contributed by atoms with van der Waals surface area (Å²) in [4.78, 5) is 2.46. The summed E-state index contributed by atoms with van der Waals surface area (Å²) in [6.45, 7) is 9.07. The lowest BCUT2D eigenvalue weighted by Crippen LogP contribution is -2.37. The maximum Gasteiger partial charge on any atom is 0.0517 e. The highest BCUT2D eigenvalue weighted by Gasteiger charge is 2.39. The predicted octanol–water partition coefficient (Wildman–Crippen LogP) is 4.38. The number of halogens is 1. The van der Waals surface area contributed by atoms with E-state index < -0.39 is 0 Å². The molecule has 1 spiro atoms. The van der Waals surface area contributed by atoms with Crippen LogP contribution in [0.3, 0.4) is 0 Å². The van der Waals surface area contributed by atoms with E-state index in [-0.39, 0.29) is 5.38 Å². The Morgan fingerprint density at radius 2 is 1.94 bits per heavy atom. The maximum atomic E-state index is 6.15. The van der Waals surface area contributed by atoms with Crippen molar-refractivity contribution in [2.45, 2.75) is 51.8 Å². The van der Waals surface area contributed by atoms with Crippen LogP contribution >= 0.6 is 11.6 Å². The minimum Gasteiger partial charge on any atom is -0.306 e. The molecule has 0 aromatic carbocycles. The van der Waals surface area contributed by atoms with Crippen LogP contribution in [-0.2, 0) is 0 Å². The second-order valence-electron chi connectivity index (χ2n) is 6.24. The number of rotatable bonds is 2. The van der Waals surface area contributed by atoms with Crippen LogP contribution in [0.1, 0.15) is 46.5 Å². The summed E-state index contributed by atoms with van der Waals surface area (Å²) in [5, 5.41) is 0.152. The number of nitrogens with zero attached hydrogens (tertiary/aromatic N) is 1. The SMILES string of the molecule is CC1=C(/C=C(/C)C(C)Cl)CCC12CCN(C)CC2. The molecular weight excluding hydrogens is 242 g/mol. The van der Waals surface area contributed by atoms with E-state index in [4.69, 9.17) is 11.6 Å². The maximum absolute atomic E-state index is 6.15. The third-order valence-corrected chi connectivity index (χ3v) is 5.47. The molecule has 0 amide bonds. The molecule has 1 fully saturated rings. The van der Waals surface area contributed by atoms with Gasteiger partial charge in [0.1, 0.15) is 0 Å². The molecule has 0 radical (unpaired) electrons. The van der Waals surface area contributed by atoms with Gasteiger partial charge in [0.25, 0.3) is 0 Å². The average Bonchev–Trinajstić information content (AvgIpc) is 2.62. The van der Waals surface area contributed by atoms with E-state index >= 15 is 0 Å². The zero-order valence-corrected chi connectivity index (χ0v) is 13.0. The Balaban J connectivity index is 2.19. The molecule has 1 aliphatic carbocycles. The van der Waals surface area contributed by atoms with Crippen LogP contribution < -0.4 is 0 Å². The first kappa shape index (κ1) is 14.1. The zero-order valence-electron chi connectivity index (χ0n) is 12.2. The third kappa shape index (κ3) is 2.67. The topological polar surface area (TPSA) is 3.24 Å².